The standard InChI is InChI=1S/C16H26N4O/c1-12(2)17-15-9-5-8-14(18-15)16(21)20(4)13-7-6-10-19(3)11-13/h5,8-9,12-13H,6-7,10-11H2,1-4H3,(H,17,18). The first-order valence-corrected chi connectivity index (χ1v) is 7.66. The van der Waals surface area contributed by atoms with E-state index >= 15 is 0 Å². The van der Waals surface area contributed by atoms with Gasteiger partial charge in [0.1, 0.15) is 11.5 Å². The summed E-state index contributed by atoms with van der Waals surface area (Å²) in [6.07, 6.45) is 2.21. The third-order valence-electron chi connectivity index (χ3n) is 3.87. The summed E-state index contributed by atoms with van der Waals surface area (Å²) in [5.74, 6) is 0.757. The number of hydrogen-bond donors (Lipinski definition) is 1. The maximum atomic E-state index is 12.6. The van der Waals surface area contributed by atoms with Crippen molar-refractivity contribution in [2.24, 2.45) is 0 Å². The van der Waals surface area contributed by atoms with Crippen LogP contribution in [0.25, 0.3) is 0 Å². The van der Waals surface area contributed by atoms with Crippen molar-refractivity contribution < 1.29 is 4.79 Å². The molecule has 0 aliphatic carbocycles. The summed E-state index contributed by atoms with van der Waals surface area (Å²) in [6.45, 7) is 6.16. The summed E-state index contributed by atoms with van der Waals surface area (Å²) in [5.41, 5.74) is 0.511. The molecule has 1 atom stereocenters. The quantitative estimate of drug-likeness (QED) is 0.922. The molecule has 0 bridgehead atoms. The third-order valence-corrected chi connectivity index (χ3v) is 3.87. The lowest BCUT2D eigenvalue weighted by molar-refractivity contribution is 0.0638. The normalized spacial score (nSPS) is 19.6. The predicted octanol–water partition coefficient (Wildman–Crippen LogP) is 2.07. The molecule has 0 radical (unpaired) electrons. The van der Waals surface area contributed by atoms with Crippen molar-refractivity contribution >= 4 is 11.7 Å². The van der Waals surface area contributed by atoms with Crippen molar-refractivity contribution in [2.45, 2.75) is 38.8 Å². The van der Waals surface area contributed by atoms with Crippen LogP contribution in [0.3, 0.4) is 0 Å². The van der Waals surface area contributed by atoms with E-state index in [4.69, 9.17) is 0 Å². The Morgan fingerprint density at radius 1 is 1.48 bits per heavy atom. The predicted molar refractivity (Wildman–Crippen MR) is 85.6 cm³/mol. The number of likely N-dealkylation sites (tertiary alicyclic amines) is 1. The maximum absolute atomic E-state index is 12.6. The first-order chi connectivity index (χ1) is 9.97. The number of amides is 1. The van der Waals surface area contributed by atoms with Gasteiger partial charge in [-0.05, 0) is 52.4 Å². The largest absolute Gasteiger partial charge is 0.368 e. The minimum Gasteiger partial charge on any atom is -0.368 e. The van der Waals surface area contributed by atoms with E-state index in [1.54, 1.807) is 6.07 Å². The van der Waals surface area contributed by atoms with Crippen LogP contribution in [0, 0.1) is 0 Å². The van der Waals surface area contributed by atoms with Crippen molar-refractivity contribution in [2.75, 3.05) is 32.5 Å². The zero-order valence-electron chi connectivity index (χ0n) is 13.5. The Morgan fingerprint density at radius 2 is 2.24 bits per heavy atom. The average Bonchev–Trinajstić information content (AvgIpc) is 2.45. The molecule has 1 aliphatic heterocycles. The van der Waals surface area contributed by atoms with Gasteiger partial charge in [-0.1, -0.05) is 6.07 Å². The lowest BCUT2D eigenvalue weighted by Gasteiger charge is -2.35. The average molecular weight is 290 g/mol. The highest BCUT2D eigenvalue weighted by molar-refractivity contribution is 5.92. The summed E-state index contributed by atoms with van der Waals surface area (Å²) >= 11 is 0. The number of hydrogen-bond acceptors (Lipinski definition) is 4. The second-order valence-corrected chi connectivity index (χ2v) is 6.18. The summed E-state index contributed by atoms with van der Waals surface area (Å²) in [4.78, 5) is 21.2. The molecular weight excluding hydrogens is 264 g/mol. The minimum absolute atomic E-state index is 0.00251. The number of nitrogens with one attached hydrogen (secondary N) is 1. The van der Waals surface area contributed by atoms with Crippen LogP contribution < -0.4 is 5.32 Å². The van der Waals surface area contributed by atoms with Crippen molar-refractivity contribution in [3.8, 4) is 0 Å². The molecule has 0 saturated carbocycles. The van der Waals surface area contributed by atoms with Gasteiger partial charge in [0.05, 0.1) is 0 Å². The van der Waals surface area contributed by atoms with E-state index in [-0.39, 0.29) is 11.9 Å². The van der Waals surface area contributed by atoms with Crippen molar-refractivity contribution in [1.82, 2.24) is 14.8 Å². The lowest BCUT2D eigenvalue weighted by Crippen LogP contribution is -2.47. The first kappa shape index (κ1) is 15.8. The molecule has 1 amide bonds. The Labute approximate surface area is 127 Å². The molecule has 1 aromatic rings. The molecule has 2 rings (SSSR count). The van der Waals surface area contributed by atoms with Crippen LogP contribution in [-0.2, 0) is 0 Å². The Hall–Kier alpha value is -1.62. The van der Waals surface area contributed by atoms with Gasteiger partial charge >= 0.3 is 0 Å². The van der Waals surface area contributed by atoms with Gasteiger partial charge < -0.3 is 15.1 Å². The van der Waals surface area contributed by atoms with Crippen molar-refractivity contribution in [1.29, 1.82) is 0 Å². The van der Waals surface area contributed by atoms with Gasteiger partial charge in [-0.3, -0.25) is 4.79 Å². The fourth-order valence-electron chi connectivity index (χ4n) is 2.73. The maximum Gasteiger partial charge on any atom is 0.272 e. The number of aromatic nitrogens is 1. The molecule has 0 aromatic carbocycles. The number of anilines is 1. The van der Waals surface area contributed by atoms with Gasteiger partial charge in [0.2, 0.25) is 0 Å². The van der Waals surface area contributed by atoms with Crippen LogP contribution in [0.5, 0.6) is 0 Å². The molecule has 1 fully saturated rings. The smallest absolute Gasteiger partial charge is 0.272 e. The molecular formula is C16H26N4O. The van der Waals surface area contributed by atoms with Gasteiger partial charge in [0.15, 0.2) is 0 Å². The number of carbonyl (C=O) groups excluding carboxylic acids is 1. The zero-order valence-corrected chi connectivity index (χ0v) is 13.5. The summed E-state index contributed by atoms with van der Waals surface area (Å²) in [7, 11) is 3.99. The molecule has 116 valence electrons. The van der Waals surface area contributed by atoms with Gasteiger partial charge in [0.25, 0.3) is 5.91 Å². The monoisotopic (exact) mass is 290 g/mol. The molecule has 2 heterocycles. The summed E-state index contributed by atoms with van der Waals surface area (Å²) in [6, 6.07) is 6.14. The summed E-state index contributed by atoms with van der Waals surface area (Å²) in [5, 5.41) is 3.24. The van der Waals surface area contributed by atoms with Crippen molar-refractivity contribution in [3.63, 3.8) is 0 Å². The van der Waals surface area contributed by atoms with Gasteiger partial charge in [0, 0.05) is 25.7 Å². The minimum atomic E-state index is 0.00251. The molecule has 1 aliphatic rings. The van der Waals surface area contributed by atoms with Crippen LogP contribution in [-0.4, -0.2) is 60.0 Å². The Balaban J connectivity index is 2.08. The van der Waals surface area contributed by atoms with E-state index in [0.29, 0.717) is 11.7 Å². The van der Waals surface area contributed by atoms with Crippen LogP contribution in [0.4, 0.5) is 5.82 Å². The SMILES string of the molecule is CC(C)Nc1cccc(C(=O)N(C)C2CCCN(C)C2)n1. The second-order valence-electron chi connectivity index (χ2n) is 6.18. The van der Waals surface area contributed by atoms with Gasteiger partial charge in [-0.25, -0.2) is 4.98 Å². The molecule has 5 heteroatoms. The number of piperidine rings is 1. The Bertz CT molecular complexity index is 489. The lowest BCUT2D eigenvalue weighted by atomic mass is 10.0. The van der Waals surface area contributed by atoms with E-state index in [2.05, 4.69) is 36.1 Å². The van der Waals surface area contributed by atoms with E-state index < -0.39 is 0 Å². The highest BCUT2D eigenvalue weighted by atomic mass is 16.2. The van der Waals surface area contributed by atoms with Crippen molar-refractivity contribution in [3.05, 3.63) is 23.9 Å². The number of pyridine rings is 1. The molecule has 5 nitrogen and oxygen atoms in total. The molecule has 1 saturated heterocycles. The van der Waals surface area contributed by atoms with E-state index in [1.165, 1.54) is 0 Å². The Kier molecular flexibility index (Phi) is 5.17. The zero-order chi connectivity index (χ0) is 15.4. The molecule has 21 heavy (non-hydrogen) atoms. The second kappa shape index (κ2) is 6.89. The molecule has 1 aromatic heterocycles. The first-order valence-electron chi connectivity index (χ1n) is 7.66. The third kappa shape index (κ3) is 4.17. The number of likely N-dealkylation sites (N-methyl/N-ethyl adjacent to an activating group) is 2. The number of rotatable bonds is 4. The van der Waals surface area contributed by atoms with E-state index in [9.17, 15) is 4.79 Å². The van der Waals surface area contributed by atoms with Gasteiger partial charge in [-0.2, -0.15) is 0 Å². The molecule has 1 unspecified atom stereocenters. The fraction of sp³-hybridized carbons (Fsp3) is 0.625. The van der Waals surface area contributed by atoms with Crippen LogP contribution >= 0.6 is 0 Å². The fourth-order valence-corrected chi connectivity index (χ4v) is 2.73. The highest BCUT2D eigenvalue weighted by Gasteiger charge is 2.25. The topological polar surface area (TPSA) is 48.5 Å². The Morgan fingerprint density at radius 3 is 2.90 bits per heavy atom. The van der Waals surface area contributed by atoms with Crippen LogP contribution in [0.15, 0.2) is 18.2 Å². The highest BCUT2D eigenvalue weighted by Crippen LogP contribution is 2.16. The van der Waals surface area contributed by atoms with Gasteiger partial charge in [-0.15, -0.1) is 0 Å². The van der Waals surface area contributed by atoms with E-state index in [1.807, 2.05) is 24.1 Å². The summed E-state index contributed by atoms with van der Waals surface area (Å²) < 4.78 is 0. The van der Waals surface area contributed by atoms with Crippen LogP contribution in [0.2, 0.25) is 0 Å². The number of nitrogens with zero attached hydrogens (tertiary/aromatic N) is 3. The molecule has 1 N–H and O–H groups in total. The molecule has 0 spiro atoms. The van der Waals surface area contributed by atoms with E-state index in [0.717, 1.165) is 31.7 Å². The number of carbonyl (C=O) groups is 1. The van der Waals surface area contributed by atoms with Crippen LogP contribution in [0.1, 0.15) is 37.2 Å².